The van der Waals surface area contributed by atoms with Crippen LogP contribution in [-0.2, 0) is 20.9 Å². The van der Waals surface area contributed by atoms with Crippen molar-refractivity contribution in [3.8, 4) is 5.75 Å². The molecule has 10 heteroatoms. The number of carbonyl (C=O) groups excluding carboxylic acids is 2. The zero-order valence-electron chi connectivity index (χ0n) is 18.4. The van der Waals surface area contributed by atoms with Crippen molar-refractivity contribution in [2.75, 3.05) is 13.2 Å². The molecular weight excluding hydrogens is 444 g/mol. The van der Waals surface area contributed by atoms with Crippen molar-refractivity contribution in [2.24, 2.45) is 0 Å². The zero-order valence-corrected chi connectivity index (χ0v) is 19.2. The molecule has 2 heterocycles. The third kappa shape index (κ3) is 6.16. The first-order valence-electron chi connectivity index (χ1n) is 11.0. The molecule has 1 amide bonds. The van der Waals surface area contributed by atoms with E-state index in [-0.39, 0.29) is 25.3 Å². The van der Waals surface area contributed by atoms with E-state index < -0.39 is 11.9 Å². The fourth-order valence-electron chi connectivity index (χ4n) is 3.67. The van der Waals surface area contributed by atoms with Gasteiger partial charge in [-0.1, -0.05) is 48.3 Å². The van der Waals surface area contributed by atoms with Gasteiger partial charge in [0.2, 0.25) is 4.96 Å². The van der Waals surface area contributed by atoms with Gasteiger partial charge in [-0.05, 0) is 31.9 Å². The number of hydrogen-bond acceptors (Lipinski definition) is 8. The van der Waals surface area contributed by atoms with Crippen LogP contribution in [0.1, 0.15) is 54.3 Å². The van der Waals surface area contributed by atoms with Crippen LogP contribution >= 0.6 is 11.3 Å². The molecule has 9 nitrogen and oxygen atoms in total. The second-order valence-corrected chi connectivity index (χ2v) is 9.08. The van der Waals surface area contributed by atoms with Crippen LogP contribution in [0.3, 0.4) is 0 Å². The highest BCUT2D eigenvalue weighted by atomic mass is 32.1. The second-order valence-electron chi connectivity index (χ2n) is 8.09. The summed E-state index contributed by atoms with van der Waals surface area (Å²) in [5, 5.41) is 7.84. The third-order valence-electron chi connectivity index (χ3n) is 5.47. The minimum absolute atomic E-state index is 0.156. The topological polar surface area (TPSA) is 112 Å². The van der Waals surface area contributed by atoms with Gasteiger partial charge in [-0.15, -0.1) is 0 Å². The van der Waals surface area contributed by atoms with Crippen LogP contribution < -0.4 is 15.6 Å². The second kappa shape index (κ2) is 10.6. The van der Waals surface area contributed by atoms with Crippen LogP contribution in [0.5, 0.6) is 5.75 Å². The number of amides is 1. The molecule has 2 aromatic heterocycles. The molecular formula is C23H26N4O5S. The van der Waals surface area contributed by atoms with Crippen LogP contribution in [-0.4, -0.2) is 39.6 Å². The predicted molar refractivity (Wildman–Crippen MR) is 122 cm³/mol. The number of nitrogens with one attached hydrogen (secondary N) is 1. The monoisotopic (exact) mass is 470 g/mol. The molecule has 0 saturated heterocycles. The highest BCUT2D eigenvalue weighted by Crippen LogP contribution is 2.34. The van der Waals surface area contributed by atoms with E-state index in [1.165, 1.54) is 41.2 Å². The Labute approximate surface area is 194 Å². The summed E-state index contributed by atoms with van der Waals surface area (Å²) in [6.07, 6.45) is 5.77. The Morgan fingerprint density at radius 3 is 2.70 bits per heavy atom. The molecule has 0 unspecified atom stereocenters. The van der Waals surface area contributed by atoms with Crippen molar-refractivity contribution in [2.45, 2.75) is 51.6 Å². The highest BCUT2D eigenvalue weighted by Gasteiger charge is 2.21. The summed E-state index contributed by atoms with van der Waals surface area (Å²) in [7, 11) is 0. The summed E-state index contributed by atoms with van der Waals surface area (Å²) in [6.45, 7) is 1.29. The van der Waals surface area contributed by atoms with E-state index >= 15 is 0 Å². The van der Waals surface area contributed by atoms with Crippen LogP contribution in [0.15, 0.2) is 35.1 Å². The first kappa shape index (κ1) is 22.9. The lowest BCUT2D eigenvalue weighted by Gasteiger charge is -2.18. The van der Waals surface area contributed by atoms with Crippen LogP contribution in [0.2, 0.25) is 0 Å². The normalized spacial score (nSPS) is 14.2. The molecule has 0 spiro atoms. The molecule has 1 fully saturated rings. The number of benzene rings is 1. The maximum absolute atomic E-state index is 12.4. The number of ether oxygens (including phenoxy) is 2. The number of nitrogens with zero attached hydrogens (tertiary/aromatic N) is 3. The lowest BCUT2D eigenvalue weighted by molar-refractivity contribution is -0.145. The number of aryl methyl sites for hydroxylation is 1. The quantitative estimate of drug-likeness (QED) is 0.504. The third-order valence-corrected chi connectivity index (χ3v) is 6.54. The molecule has 0 radical (unpaired) electrons. The fraction of sp³-hybridized carbons (Fsp3) is 0.435. The average molecular weight is 471 g/mol. The van der Waals surface area contributed by atoms with Crippen LogP contribution in [0.25, 0.3) is 4.96 Å². The first-order chi connectivity index (χ1) is 16.0. The van der Waals surface area contributed by atoms with E-state index in [1.807, 2.05) is 19.1 Å². The van der Waals surface area contributed by atoms with Gasteiger partial charge >= 0.3 is 5.97 Å². The molecule has 0 bridgehead atoms. The molecule has 33 heavy (non-hydrogen) atoms. The van der Waals surface area contributed by atoms with Crippen molar-refractivity contribution in [3.63, 3.8) is 0 Å². The Bertz CT molecular complexity index is 1180. The number of esters is 1. The number of carbonyl (C=O) groups is 2. The zero-order chi connectivity index (χ0) is 23.2. The van der Waals surface area contributed by atoms with E-state index in [2.05, 4.69) is 15.4 Å². The van der Waals surface area contributed by atoms with E-state index in [4.69, 9.17) is 9.47 Å². The lowest BCUT2D eigenvalue weighted by atomic mass is 9.90. The van der Waals surface area contributed by atoms with Gasteiger partial charge in [-0.2, -0.15) is 9.61 Å². The number of fused-ring (bicyclic) bond motifs is 1. The summed E-state index contributed by atoms with van der Waals surface area (Å²) in [6, 6.07) is 8.61. The summed E-state index contributed by atoms with van der Waals surface area (Å²) in [4.78, 5) is 41.2. The van der Waals surface area contributed by atoms with Crippen molar-refractivity contribution in [3.05, 3.63) is 57.0 Å². The summed E-state index contributed by atoms with van der Waals surface area (Å²) >= 11 is 1.41. The molecule has 3 aromatic rings. The largest absolute Gasteiger partial charge is 0.484 e. The minimum Gasteiger partial charge on any atom is -0.484 e. The molecule has 1 N–H and O–H groups in total. The van der Waals surface area contributed by atoms with Gasteiger partial charge in [-0.3, -0.25) is 14.4 Å². The SMILES string of the molecule is Cc1ccc(OCC(=O)NCC(=O)OCc2cc(=O)n3nc(C4CCCCC4)sc3n2)cc1. The molecule has 174 valence electrons. The van der Waals surface area contributed by atoms with E-state index in [9.17, 15) is 14.4 Å². The van der Waals surface area contributed by atoms with E-state index in [0.717, 1.165) is 23.4 Å². The number of rotatable bonds is 8. The highest BCUT2D eigenvalue weighted by molar-refractivity contribution is 7.16. The maximum atomic E-state index is 12.4. The molecule has 1 aromatic carbocycles. The molecule has 0 atom stereocenters. The van der Waals surface area contributed by atoms with Gasteiger partial charge in [0.25, 0.3) is 11.5 Å². The van der Waals surface area contributed by atoms with Gasteiger partial charge in [0.05, 0.1) is 5.69 Å². The molecule has 1 saturated carbocycles. The van der Waals surface area contributed by atoms with Crippen molar-refractivity contribution in [1.29, 1.82) is 0 Å². The Balaban J connectivity index is 1.26. The average Bonchev–Trinajstić information content (AvgIpc) is 3.26. The Morgan fingerprint density at radius 2 is 1.94 bits per heavy atom. The molecule has 1 aliphatic carbocycles. The Morgan fingerprint density at radius 1 is 1.18 bits per heavy atom. The van der Waals surface area contributed by atoms with Crippen molar-refractivity contribution >= 4 is 28.2 Å². The standard InChI is InChI=1S/C23H26N4O5S/c1-15-7-9-18(10-8-15)31-14-19(28)24-12-21(30)32-13-17-11-20(29)27-23(25-17)33-22(26-27)16-5-3-2-4-6-16/h7-11,16H,2-6,12-14H2,1H3,(H,24,28). The Hall–Kier alpha value is -3.27. The van der Waals surface area contributed by atoms with E-state index in [0.29, 0.717) is 22.3 Å². The summed E-state index contributed by atoms with van der Waals surface area (Å²) in [5.41, 5.74) is 1.14. The van der Waals surface area contributed by atoms with Gasteiger partial charge < -0.3 is 14.8 Å². The predicted octanol–water partition coefficient (Wildman–Crippen LogP) is 2.75. The van der Waals surface area contributed by atoms with Gasteiger partial charge in [0.15, 0.2) is 6.61 Å². The fourth-order valence-corrected chi connectivity index (χ4v) is 4.76. The number of hydrogen-bond donors (Lipinski definition) is 1. The van der Waals surface area contributed by atoms with Crippen LogP contribution in [0.4, 0.5) is 0 Å². The van der Waals surface area contributed by atoms with Crippen molar-refractivity contribution in [1.82, 2.24) is 19.9 Å². The van der Waals surface area contributed by atoms with Crippen LogP contribution in [0, 0.1) is 6.92 Å². The van der Waals surface area contributed by atoms with Gasteiger partial charge in [0.1, 0.15) is 23.9 Å². The summed E-state index contributed by atoms with van der Waals surface area (Å²) < 4.78 is 11.8. The summed E-state index contributed by atoms with van der Waals surface area (Å²) in [5.74, 6) is -0.122. The van der Waals surface area contributed by atoms with Gasteiger partial charge in [0, 0.05) is 12.0 Å². The lowest BCUT2D eigenvalue weighted by Crippen LogP contribution is -2.34. The van der Waals surface area contributed by atoms with E-state index in [1.54, 1.807) is 12.1 Å². The molecule has 4 rings (SSSR count). The maximum Gasteiger partial charge on any atom is 0.325 e. The van der Waals surface area contributed by atoms with Gasteiger partial charge in [-0.25, -0.2) is 4.98 Å². The molecule has 1 aliphatic rings. The van der Waals surface area contributed by atoms with Crippen molar-refractivity contribution < 1.29 is 19.1 Å². The Kier molecular flexibility index (Phi) is 7.33. The minimum atomic E-state index is -0.632. The first-order valence-corrected chi connectivity index (χ1v) is 11.8. The smallest absolute Gasteiger partial charge is 0.325 e. The molecule has 0 aliphatic heterocycles. The number of aromatic nitrogens is 3.